The van der Waals surface area contributed by atoms with Crippen LogP contribution in [0, 0.1) is 5.92 Å². The molecule has 4 nitrogen and oxygen atoms in total. The number of allylic oxidation sites excluding steroid dienone is 4. The summed E-state index contributed by atoms with van der Waals surface area (Å²) in [6.45, 7) is 2.09. The van der Waals surface area contributed by atoms with Crippen LogP contribution < -0.4 is 11.1 Å². The van der Waals surface area contributed by atoms with Gasteiger partial charge in [0.1, 0.15) is 11.9 Å². The molecule has 4 atom stereocenters. The highest BCUT2D eigenvalue weighted by Crippen LogP contribution is 2.32. The zero-order valence-corrected chi connectivity index (χ0v) is 13.1. The SMILES string of the molecule is CC(NC1CC=CC2=C1C(N)=CCC2)C1CCC=C(O)C1O. The molecule has 3 aliphatic carbocycles. The second-order valence-electron chi connectivity index (χ2n) is 6.60. The molecule has 0 aromatic rings. The second-order valence-corrected chi connectivity index (χ2v) is 6.60. The van der Waals surface area contributed by atoms with Gasteiger partial charge in [0.25, 0.3) is 0 Å². The molecule has 0 fully saturated rings. The fourth-order valence-electron chi connectivity index (χ4n) is 3.91. The predicted molar refractivity (Wildman–Crippen MR) is 88.1 cm³/mol. The van der Waals surface area contributed by atoms with Gasteiger partial charge in [-0.05, 0) is 56.3 Å². The van der Waals surface area contributed by atoms with E-state index in [0.717, 1.165) is 37.8 Å². The number of hydrogen-bond donors (Lipinski definition) is 4. The molecule has 5 N–H and O–H groups in total. The molecular formula is C18H26N2O2. The molecule has 0 aliphatic heterocycles. The first-order chi connectivity index (χ1) is 10.6. The lowest BCUT2D eigenvalue weighted by molar-refractivity contribution is 0.0643. The summed E-state index contributed by atoms with van der Waals surface area (Å²) in [5.74, 6) is 0.152. The lowest BCUT2D eigenvalue weighted by atomic mass is 9.81. The molecule has 0 amide bonds. The highest BCUT2D eigenvalue weighted by Gasteiger charge is 2.33. The van der Waals surface area contributed by atoms with E-state index < -0.39 is 6.10 Å². The molecule has 0 radical (unpaired) electrons. The molecule has 4 unspecified atom stereocenters. The lowest BCUT2D eigenvalue weighted by Crippen LogP contribution is -2.48. The quantitative estimate of drug-likeness (QED) is 0.646. The van der Waals surface area contributed by atoms with Crippen molar-refractivity contribution in [3.05, 3.63) is 46.9 Å². The van der Waals surface area contributed by atoms with Crippen molar-refractivity contribution in [2.45, 2.75) is 57.2 Å². The molecule has 0 aromatic carbocycles. The van der Waals surface area contributed by atoms with E-state index in [1.54, 1.807) is 6.08 Å². The van der Waals surface area contributed by atoms with Gasteiger partial charge in [-0.15, -0.1) is 0 Å². The highest BCUT2D eigenvalue weighted by molar-refractivity contribution is 5.47. The van der Waals surface area contributed by atoms with Crippen molar-refractivity contribution in [1.82, 2.24) is 5.32 Å². The van der Waals surface area contributed by atoms with Crippen LogP contribution in [0.4, 0.5) is 0 Å². The summed E-state index contributed by atoms with van der Waals surface area (Å²) in [6.07, 6.45) is 12.2. The number of nitrogens with one attached hydrogen (secondary N) is 1. The van der Waals surface area contributed by atoms with E-state index in [2.05, 4.69) is 30.5 Å². The van der Waals surface area contributed by atoms with E-state index in [9.17, 15) is 10.2 Å². The van der Waals surface area contributed by atoms with Crippen LogP contribution in [-0.2, 0) is 0 Å². The Balaban J connectivity index is 1.73. The number of hydrogen-bond acceptors (Lipinski definition) is 4. The van der Waals surface area contributed by atoms with Crippen molar-refractivity contribution in [3.63, 3.8) is 0 Å². The molecule has 0 aromatic heterocycles. The minimum atomic E-state index is -0.761. The Kier molecular flexibility index (Phi) is 4.41. The predicted octanol–water partition coefficient (Wildman–Crippen LogP) is 2.44. The van der Waals surface area contributed by atoms with Crippen molar-refractivity contribution in [1.29, 1.82) is 0 Å². The molecule has 0 spiro atoms. The van der Waals surface area contributed by atoms with Crippen LogP contribution in [0.3, 0.4) is 0 Å². The molecule has 120 valence electrons. The van der Waals surface area contributed by atoms with Crippen molar-refractivity contribution < 1.29 is 10.2 Å². The van der Waals surface area contributed by atoms with Gasteiger partial charge < -0.3 is 21.3 Å². The van der Waals surface area contributed by atoms with Crippen LogP contribution in [-0.4, -0.2) is 28.4 Å². The maximum Gasteiger partial charge on any atom is 0.117 e. The van der Waals surface area contributed by atoms with Gasteiger partial charge in [-0.25, -0.2) is 0 Å². The topological polar surface area (TPSA) is 78.5 Å². The monoisotopic (exact) mass is 302 g/mol. The third-order valence-electron chi connectivity index (χ3n) is 5.14. The fourth-order valence-corrected chi connectivity index (χ4v) is 3.91. The average molecular weight is 302 g/mol. The van der Waals surface area contributed by atoms with Gasteiger partial charge in [0.15, 0.2) is 0 Å². The maximum absolute atomic E-state index is 10.2. The van der Waals surface area contributed by atoms with Gasteiger partial charge in [0.2, 0.25) is 0 Å². The molecule has 3 aliphatic rings. The Morgan fingerprint density at radius 2 is 2.14 bits per heavy atom. The normalized spacial score (nSPS) is 33.1. The smallest absolute Gasteiger partial charge is 0.117 e. The van der Waals surface area contributed by atoms with Crippen LogP contribution in [0.25, 0.3) is 0 Å². The van der Waals surface area contributed by atoms with Crippen LogP contribution in [0.1, 0.15) is 39.0 Å². The standard InChI is InChI=1S/C18H26N2O2/c1-11(13-7-4-10-16(21)18(13)22)20-15-9-3-6-12-5-2-8-14(19)17(12)15/h3,6,8,10-11,13,15,18,20-22H,2,4-5,7,9,19H2,1H3. The number of rotatable bonds is 3. The summed E-state index contributed by atoms with van der Waals surface area (Å²) < 4.78 is 0. The van der Waals surface area contributed by atoms with Gasteiger partial charge in [0.05, 0.1) is 0 Å². The lowest BCUT2D eigenvalue weighted by Gasteiger charge is -2.36. The Morgan fingerprint density at radius 3 is 2.95 bits per heavy atom. The largest absolute Gasteiger partial charge is 0.510 e. The molecule has 0 heterocycles. The minimum absolute atomic E-state index is 0.0359. The Morgan fingerprint density at radius 1 is 1.32 bits per heavy atom. The summed E-state index contributed by atoms with van der Waals surface area (Å²) in [5.41, 5.74) is 9.67. The molecular weight excluding hydrogens is 276 g/mol. The van der Waals surface area contributed by atoms with Gasteiger partial charge >= 0.3 is 0 Å². The molecule has 0 saturated heterocycles. The fraction of sp³-hybridized carbons (Fsp3) is 0.556. The van der Waals surface area contributed by atoms with E-state index in [4.69, 9.17) is 5.73 Å². The molecule has 4 heteroatoms. The van der Waals surface area contributed by atoms with Crippen LogP contribution in [0.2, 0.25) is 0 Å². The first-order valence-electron chi connectivity index (χ1n) is 8.26. The third-order valence-corrected chi connectivity index (χ3v) is 5.14. The van der Waals surface area contributed by atoms with E-state index >= 15 is 0 Å². The van der Waals surface area contributed by atoms with Gasteiger partial charge in [0, 0.05) is 23.7 Å². The minimum Gasteiger partial charge on any atom is -0.510 e. The summed E-state index contributed by atoms with van der Waals surface area (Å²) in [7, 11) is 0. The molecule has 0 saturated carbocycles. The number of nitrogens with two attached hydrogens (primary N) is 1. The molecule has 0 bridgehead atoms. The van der Waals surface area contributed by atoms with Gasteiger partial charge in [-0.3, -0.25) is 0 Å². The van der Waals surface area contributed by atoms with Crippen molar-refractivity contribution in [2.75, 3.05) is 0 Å². The zero-order valence-electron chi connectivity index (χ0n) is 13.1. The van der Waals surface area contributed by atoms with Crippen LogP contribution in [0.15, 0.2) is 46.9 Å². The molecule has 22 heavy (non-hydrogen) atoms. The van der Waals surface area contributed by atoms with E-state index in [1.165, 1.54) is 11.1 Å². The van der Waals surface area contributed by atoms with Gasteiger partial charge in [-0.2, -0.15) is 0 Å². The zero-order chi connectivity index (χ0) is 15.7. The Bertz CT molecular complexity index is 559. The molecule has 3 rings (SSSR count). The van der Waals surface area contributed by atoms with Crippen LogP contribution >= 0.6 is 0 Å². The Labute approximate surface area is 132 Å². The summed E-state index contributed by atoms with van der Waals surface area (Å²) in [5, 5.41) is 23.6. The van der Waals surface area contributed by atoms with Crippen LogP contribution in [0.5, 0.6) is 0 Å². The first kappa shape index (κ1) is 15.4. The van der Waals surface area contributed by atoms with Gasteiger partial charge in [-0.1, -0.05) is 18.2 Å². The summed E-state index contributed by atoms with van der Waals surface area (Å²) in [6, 6.07) is 0.317. The van der Waals surface area contributed by atoms with Crippen molar-refractivity contribution in [3.8, 4) is 0 Å². The summed E-state index contributed by atoms with van der Waals surface area (Å²) >= 11 is 0. The third kappa shape index (κ3) is 2.85. The van der Waals surface area contributed by atoms with E-state index in [1.807, 2.05) is 0 Å². The Hall–Kier alpha value is -1.52. The second kappa shape index (κ2) is 6.31. The average Bonchev–Trinajstić information content (AvgIpc) is 2.50. The number of aliphatic hydroxyl groups is 2. The maximum atomic E-state index is 10.2. The van der Waals surface area contributed by atoms with E-state index in [0.29, 0.717) is 0 Å². The van der Waals surface area contributed by atoms with E-state index in [-0.39, 0.29) is 23.8 Å². The van der Waals surface area contributed by atoms with Crippen molar-refractivity contribution >= 4 is 0 Å². The highest BCUT2D eigenvalue weighted by atomic mass is 16.3. The van der Waals surface area contributed by atoms with Crippen molar-refractivity contribution in [2.24, 2.45) is 11.7 Å². The summed E-state index contributed by atoms with van der Waals surface area (Å²) in [4.78, 5) is 0. The first-order valence-corrected chi connectivity index (χ1v) is 8.26. The number of aliphatic hydroxyl groups excluding tert-OH is 2.